The average Bonchev–Trinajstić information content (AvgIpc) is 2.79. The van der Waals surface area contributed by atoms with Crippen LogP contribution in [0.15, 0.2) is 41.3 Å². The molecule has 0 radical (unpaired) electrons. The lowest BCUT2D eigenvalue weighted by atomic mass is 10.1. The summed E-state index contributed by atoms with van der Waals surface area (Å²) in [5, 5.41) is 2.75. The van der Waals surface area contributed by atoms with Gasteiger partial charge >= 0.3 is 0 Å². The Morgan fingerprint density at radius 2 is 1.60 bits per heavy atom. The third kappa shape index (κ3) is 4.52. The molecule has 30 heavy (non-hydrogen) atoms. The molecular formula is C21H26N2O6S. The number of nitrogens with one attached hydrogen (secondary N) is 1. The van der Waals surface area contributed by atoms with Crippen molar-refractivity contribution in [3.63, 3.8) is 0 Å². The van der Waals surface area contributed by atoms with Gasteiger partial charge in [-0.25, -0.2) is 8.42 Å². The summed E-state index contributed by atoms with van der Waals surface area (Å²) < 4.78 is 43.3. The lowest BCUT2D eigenvalue weighted by Gasteiger charge is -2.26. The first kappa shape index (κ1) is 21.9. The highest BCUT2D eigenvalue weighted by Crippen LogP contribution is 2.31. The van der Waals surface area contributed by atoms with Gasteiger partial charge in [-0.15, -0.1) is 0 Å². The number of methoxy groups -OCH3 is 3. The molecule has 2 aromatic carbocycles. The maximum Gasteiger partial charge on any atom is 0.259 e. The van der Waals surface area contributed by atoms with Crippen molar-refractivity contribution in [2.45, 2.75) is 24.2 Å². The van der Waals surface area contributed by atoms with Crippen LogP contribution in [0.25, 0.3) is 0 Å². The number of benzene rings is 2. The number of carbonyl (C=O) groups is 1. The SMILES string of the molecule is COc1ccc(NC(=O)c2cc(S(=O)(=O)N3CCCCC3)ccc2OC)c(OC)c1. The number of amides is 1. The van der Waals surface area contributed by atoms with Gasteiger partial charge in [0, 0.05) is 19.2 Å². The number of hydrogen-bond acceptors (Lipinski definition) is 6. The van der Waals surface area contributed by atoms with Gasteiger partial charge in [0.05, 0.1) is 37.5 Å². The Morgan fingerprint density at radius 1 is 0.900 bits per heavy atom. The van der Waals surface area contributed by atoms with Crippen molar-refractivity contribution in [2.75, 3.05) is 39.7 Å². The second-order valence-corrected chi connectivity index (χ2v) is 8.79. The number of hydrogen-bond donors (Lipinski definition) is 1. The van der Waals surface area contributed by atoms with Crippen LogP contribution >= 0.6 is 0 Å². The molecule has 3 rings (SSSR count). The second kappa shape index (κ2) is 9.36. The van der Waals surface area contributed by atoms with Gasteiger partial charge in [0.15, 0.2) is 0 Å². The smallest absolute Gasteiger partial charge is 0.259 e. The van der Waals surface area contributed by atoms with Crippen molar-refractivity contribution >= 4 is 21.6 Å². The Morgan fingerprint density at radius 3 is 2.23 bits per heavy atom. The molecule has 0 unspecified atom stereocenters. The van der Waals surface area contributed by atoms with Crippen molar-refractivity contribution < 1.29 is 27.4 Å². The van der Waals surface area contributed by atoms with E-state index in [1.54, 1.807) is 18.2 Å². The third-order valence-corrected chi connectivity index (χ3v) is 6.92. The minimum atomic E-state index is -3.68. The minimum Gasteiger partial charge on any atom is -0.497 e. The molecule has 1 aliphatic rings. The standard InChI is InChI=1S/C21H26N2O6S/c1-27-15-7-9-18(20(13-15)29-3)22-21(24)17-14-16(8-10-19(17)28-2)30(25,26)23-11-5-4-6-12-23/h7-10,13-14H,4-6,11-12H2,1-3H3,(H,22,24). The summed E-state index contributed by atoms with van der Waals surface area (Å²) in [4.78, 5) is 13.1. The monoisotopic (exact) mass is 434 g/mol. The number of piperidine rings is 1. The zero-order valence-corrected chi connectivity index (χ0v) is 18.1. The zero-order valence-electron chi connectivity index (χ0n) is 17.3. The van der Waals surface area contributed by atoms with E-state index >= 15 is 0 Å². The van der Waals surface area contributed by atoms with Gasteiger partial charge in [-0.05, 0) is 43.2 Å². The molecule has 9 heteroatoms. The summed E-state index contributed by atoms with van der Waals surface area (Å²) >= 11 is 0. The van der Waals surface area contributed by atoms with Crippen LogP contribution < -0.4 is 19.5 Å². The highest BCUT2D eigenvalue weighted by atomic mass is 32.2. The first-order chi connectivity index (χ1) is 14.4. The highest BCUT2D eigenvalue weighted by molar-refractivity contribution is 7.89. The number of sulfonamides is 1. The van der Waals surface area contributed by atoms with Gasteiger partial charge in [0.1, 0.15) is 17.2 Å². The number of anilines is 1. The molecular weight excluding hydrogens is 408 g/mol. The lowest BCUT2D eigenvalue weighted by molar-refractivity contribution is 0.102. The minimum absolute atomic E-state index is 0.0667. The van der Waals surface area contributed by atoms with Gasteiger partial charge in [0.2, 0.25) is 10.0 Å². The maximum atomic E-state index is 13.0. The molecule has 0 aliphatic carbocycles. The van der Waals surface area contributed by atoms with Crippen molar-refractivity contribution in [3.8, 4) is 17.2 Å². The molecule has 0 spiro atoms. The fourth-order valence-corrected chi connectivity index (χ4v) is 4.91. The summed E-state index contributed by atoms with van der Waals surface area (Å²) in [5.41, 5.74) is 0.545. The van der Waals surface area contributed by atoms with E-state index in [0.29, 0.717) is 30.3 Å². The second-order valence-electron chi connectivity index (χ2n) is 6.85. The molecule has 1 saturated heterocycles. The molecule has 8 nitrogen and oxygen atoms in total. The van der Waals surface area contributed by atoms with E-state index in [-0.39, 0.29) is 16.2 Å². The van der Waals surface area contributed by atoms with Crippen LogP contribution in [0, 0.1) is 0 Å². The fourth-order valence-electron chi connectivity index (χ4n) is 3.37. The van der Waals surface area contributed by atoms with E-state index in [9.17, 15) is 13.2 Å². The van der Waals surface area contributed by atoms with Gasteiger partial charge in [-0.3, -0.25) is 4.79 Å². The summed E-state index contributed by atoms with van der Waals surface area (Å²) in [6, 6.07) is 9.30. The molecule has 2 aromatic rings. The Balaban J connectivity index is 1.93. The van der Waals surface area contributed by atoms with Crippen molar-refractivity contribution in [1.82, 2.24) is 4.31 Å². The summed E-state index contributed by atoms with van der Waals surface area (Å²) in [6.07, 6.45) is 2.69. The molecule has 1 fully saturated rings. The van der Waals surface area contributed by atoms with Crippen molar-refractivity contribution in [2.24, 2.45) is 0 Å². The Labute approximate surface area is 176 Å². The van der Waals surface area contributed by atoms with Gasteiger partial charge in [0.25, 0.3) is 5.91 Å². The predicted molar refractivity (Wildman–Crippen MR) is 113 cm³/mol. The van der Waals surface area contributed by atoms with E-state index in [0.717, 1.165) is 19.3 Å². The van der Waals surface area contributed by atoms with Crippen LogP contribution in [-0.2, 0) is 10.0 Å². The topological polar surface area (TPSA) is 94.2 Å². The van der Waals surface area contributed by atoms with Crippen LogP contribution in [0.4, 0.5) is 5.69 Å². The molecule has 0 bridgehead atoms. The molecule has 1 aliphatic heterocycles. The summed E-state index contributed by atoms with van der Waals surface area (Å²) in [7, 11) is 0.765. The first-order valence-electron chi connectivity index (χ1n) is 9.62. The van der Waals surface area contributed by atoms with E-state index in [1.807, 2.05) is 0 Å². The van der Waals surface area contributed by atoms with Crippen LogP contribution in [0.1, 0.15) is 29.6 Å². The van der Waals surface area contributed by atoms with E-state index < -0.39 is 15.9 Å². The first-order valence-corrected chi connectivity index (χ1v) is 11.1. The normalized spacial score (nSPS) is 14.8. The number of nitrogens with zero attached hydrogens (tertiary/aromatic N) is 1. The Hall–Kier alpha value is -2.78. The van der Waals surface area contributed by atoms with Gasteiger partial charge < -0.3 is 19.5 Å². The lowest BCUT2D eigenvalue weighted by Crippen LogP contribution is -2.35. The van der Waals surface area contributed by atoms with Crippen LogP contribution in [0.2, 0.25) is 0 Å². The third-order valence-electron chi connectivity index (χ3n) is 5.03. The molecule has 1 amide bonds. The van der Waals surface area contributed by atoms with Gasteiger partial charge in [-0.2, -0.15) is 4.31 Å². The van der Waals surface area contributed by atoms with E-state index in [1.165, 1.54) is 43.8 Å². The Kier molecular flexibility index (Phi) is 6.84. The van der Waals surface area contributed by atoms with Crippen molar-refractivity contribution in [1.29, 1.82) is 0 Å². The van der Waals surface area contributed by atoms with Crippen molar-refractivity contribution in [3.05, 3.63) is 42.0 Å². The fraction of sp³-hybridized carbons (Fsp3) is 0.381. The molecule has 1 N–H and O–H groups in total. The van der Waals surface area contributed by atoms with E-state index in [4.69, 9.17) is 14.2 Å². The number of rotatable bonds is 7. The quantitative estimate of drug-likeness (QED) is 0.720. The Bertz CT molecular complexity index is 1020. The van der Waals surface area contributed by atoms with E-state index in [2.05, 4.69) is 5.32 Å². The number of ether oxygens (including phenoxy) is 3. The largest absolute Gasteiger partial charge is 0.497 e. The maximum absolute atomic E-state index is 13.0. The highest BCUT2D eigenvalue weighted by Gasteiger charge is 2.28. The van der Waals surface area contributed by atoms with Gasteiger partial charge in [-0.1, -0.05) is 6.42 Å². The molecule has 0 aromatic heterocycles. The molecule has 1 heterocycles. The van der Waals surface area contributed by atoms with Crippen LogP contribution in [-0.4, -0.2) is 53.0 Å². The molecule has 162 valence electrons. The molecule has 0 saturated carbocycles. The van der Waals surface area contributed by atoms with Crippen LogP contribution in [0.3, 0.4) is 0 Å². The average molecular weight is 435 g/mol. The molecule has 0 atom stereocenters. The zero-order chi connectivity index (χ0) is 21.7. The predicted octanol–water partition coefficient (Wildman–Crippen LogP) is 3.14. The summed E-state index contributed by atoms with van der Waals surface area (Å²) in [6.45, 7) is 0.970. The summed E-state index contributed by atoms with van der Waals surface area (Å²) in [5.74, 6) is 0.763. The van der Waals surface area contributed by atoms with Crippen LogP contribution in [0.5, 0.6) is 17.2 Å². The number of carbonyl (C=O) groups excluding carboxylic acids is 1.